The average Bonchev–Trinajstić information content (AvgIpc) is 3.62. The molecule has 1 fully saturated rings. The van der Waals surface area contributed by atoms with Crippen molar-refractivity contribution in [3.63, 3.8) is 0 Å². The van der Waals surface area contributed by atoms with Gasteiger partial charge in [-0.3, -0.25) is 4.57 Å². The highest BCUT2D eigenvalue weighted by atomic mass is 19.1. The molecule has 4 aromatic rings. The molecule has 2 aromatic heterocycles. The number of piperidine rings is 1. The smallest absolute Gasteiger partial charge is 0.410 e. The first-order chi connectivity index (χ1) is 19.6. The van der Waals surface area contributed by atoms with Crippen molar-refractivity contribution in [2.45, 2.75) is 45.1 Å². The zero-order valence-corrected chi connectivity index (χ0v) is 24.0. The number of likely N-dealkylation sites (tertiary alicyclic amines) is 1. The molecule has 0 spiro atoms. The van der Waals surface area contributed by atoms with E-state index in [4.69, 9.17) is 24.4 Å². The predicted molar refractivity (Wildman–Crippen MR) is 155 cm³/mol. The van der Waals surface area contributed by atoms with Gasteiger partial charge >= 0.3 is 6.09 Å². The number of rotatable bonds is 5. The first-order valence-corrected chi connectivity index (χ1v) is 13.3. The molecule has 2 aromatic carbocycles. The van der Waals surface area contributed by atoms with Crippen LogP contribution in [0.2, 0.25) is 0 Å². The van der Waals surface area contributed by atoms with Gasteiger partial charge in [0.1, 0.15) is 28.6 Å². The number of ether oxygens (including phenoxy) is 3. The van der Waals surface area contributed by atoms with E-state index in [1.165, 1.54) is 12.1 Å². The lowest BCUT2D eigenvalue weighted by Gasteiger charge is -2.34. The van der Waals surface area contributed by atoms with Crippen molar-refractivity contribution < 1.29 is 29.2 Å². The lowest BCUT2D eigenvalue weighted by Crippen LogP contribution is -2.42. The lowest BCUT2D eigenvalue weighted by molar-refractivity contribution is 0.0198. The van der Waals surface area contributed by atoms with Crippen LogP contribution in [0.15, 0.2) is 65.3 Å². The van der Waals surface area contributed by atoms with E-state index in [0.29, 0.717) is 35.3 Å². The monoisotopic (exact) mass is 567 g/mol. The first kappa shape index (κ1) is 29.4. The van der Waals surface area contributed by atoms with Crippen LogP contribution in [0.4, 0.5) is 15.1 Å². The van der Waals surface area contributed by atoms with Crippen molar-refractivity contribution in [3.05, 3.63) is 72.2 Å². The first-order valence-electron chi connectivity index (χ1n) is 13.3. The molecule has 220 valence electrons. The van der Waals surface area contributed by atoms with Crippen molar-refractivity contribution in [2.24, 2.45) is 0 Å². The largest absolute Gasteiger partial charge is 0.494 e. The molecule has 5 rings (SSSR count). The molecule has 10 nitrogen and oxygen atoms in total. The summed E-state index contributed by atoms with van der Waals surface area (Å²) in [5.74, 6) is 2.45. The van der Waals surface area contributed by atoms with Crippen LogP contribution in [0, 0.1) is 5.82 Å². The summed E-state index contributed by atoms with van der Waals surface area (Å²) in [4.78, 5) is 13.8. The molecule has 1 atom stereocenters. The molecular formula is C30H38FN5O5. The number of nitrogen functional groups attached to an aromatic ring is 1. The summed E-state index contributed by atoms with van der Waals surface area (Å²) in [7, 11) is 3.15. The number of amides is 1. The Morgan fingerprint density at radius 1 is 1.05 bits per heavy atom. The van der Waals surface area contributed by atoms with E-state index in [-0.39, 0.29) is 25.2 Å². The van der Waals surface area contributed by atoms with Gasteiger partial charge in [-0.15, -0.1) is 10.2 Å². The molecule has 1 saturated heterocycles. The van der Waals surface area contributed by atoms with Crippen LogP contribution >= 0.6 is 0 Å². The number of halogens is 1. The van der Waals surface area contributed by atoms with Gasteiger partial charge in [0.2, 0.25) is 11.8 Å². The summed E-state index contributed by atoms with van der Waals surface area (Å²) in [5, 5.41) is 7.99. The normalized spacial score (nSPS) is 15.1. The molecule has 0 bridgehead atoms. The highest BCUT2D eigenvalue weighted by Crippen LogP contribution is 2.36. The van der Waals surface area contributed by atoms with Gasteiger partial charge in [-0.05, 0) is 75.6 Å². The summed E-state index contributed by atoms with van der Waals surface area (Å²) in [6, 6.07) is 15.5. The van der Waals surface area contributed by atoms with E-state index in [1.807, 2.05) is 39.0 Å². The molecule has 3 heterocycles. The SMILES string of the molecule is CC(C)(C)OC(=O)N1CCC[C@H](c2ccc(F)cc2)C1.COc1cccc(OC)c1-n1c(N)nnc1-c1ccco1.[HH]. The molecule has 0 saturated carbocycles. The molecule has 2 N–H and O–H groups in total. The quantitative estimate of drug-likeness (QED) is 0.298. The maximum Gasteiger partial charge on any atom is 0.410 e. The Morgan fingerprint density at radius 3 is 2.32 bits per heavy atom. The minimum absolute atomic E-state index is 0. The van der Waals surface area contributed by atoms with Crippen LogP contribution in [0.3, 0.4) is 0 Å². The second kappa shape index (κ2) is 12.8. The molecule has 1 amide bonds. The molecule has 1 aliphatic heterocycles. The number of benzene rings is 2. The van der Waals surface area contributed by atoms with Gasteiger partial charge in [0.05, 0.1) is 20.5 Å². The van der Waals surface area contributed by atoms with E-state index in [2.05, 4.69) is 10.2 Å². The van der Waals surface area contributed by atoms with Gasteiger partial charge in [0, 0.05) is 20.4 Å². The highest BCUT2D eigenvalue weighted by Gasteiger charge is 2.28. The summed E-state index contributed by atoms with van der Waals surface area (Å²) < 4.78 is 36.2. The van der Waals surface area contributed by atoms with Crippen LogP contribution in [0.1, 0.15) is 46.5 Å². The van der Waals surface area contributed by atoms with E-state index in [9.17, 15) is 9.18 Å². The maximum absolute atomic E-state index is 13.0. The Kier molecular flexibility index (Phi) is 9.16. The Labute approximate surface area is 240 Å². The summed E-state index contributed by atoms with van der Waals surface area (Å²) in [6.07, 6.45) is 3.26. The van der Waals surface area contributed by atoms with Crippen molar-refractivity contribution >= 4 is 12.0 Å². The zero-order chi connectivity index (χ0) is 29.6. The van der Waals surface area contributed by atoms with E-state index >= 15 is 0 Å². The maximum atomic E-state index is 13.0. The predicted octanol–water partition coefficient (Wildman–Crippen LogP) is 6.31. The number of carbonyl (C=O) groups is 1. The van der Waals surface area contributed by atoms with Gasteiger partial charge in [-0.1, -0.05) is 18.2 Å². The third-order valence-electron chi connectivity index (χ3n) is 6.47. The molecule has 1 aliphatic rings. The fourth-order valence-corrected chi connectivity index (χ4v) is 4.61. The minimum Gasteiger partial charge on any atom is -0.494 e. The van der Waals surface area contributed by atoms with Crippen LogP contribution in [-0.4, -0.2) is 58.7 Å². The lowest BCUT2D eigenvalue weighted by atomic mass is 9.91. The van der Waals surface area contributed by atoms with Crippen molar-refractivity contribution in [1.29, 1.82) is 0 Å². The number of methoxy groups -OCH3 is 2. The van der Waals surface area contributed by atoms with Gasteiger partial charge in [0.25, 0.3) is 0 Å². The topological polar surface area (TPSA) is 118 Å². The van der Waals surface area contributed by atoms with Crippen LogP contribution in [0.5, 0.6) is 11.5 Å². The van der Waals surface area contributed by atoms with E-state index in [1.54, 1.807) is 54.2 Å². The third-order valence-corrected chi connectivity index (χ3v) is 6.47. The molecule has 11 heteroatoms. The number of aromatic nitrogens is 3. The van der Waals surface area contributed by atoms with Crippen LogP contribution < -0.4 is 15.2 Å². The number of para-hydroxylation sites is 1. The van der Waals surface area contributed by atoms with Crippen LogP contribution in [0.25, 0.3) is 17.3 Å². The Hall–Kier alpha value is -4.54. The van der Waals surface area contributed by atoms with Gasteiger partial charge < -0.3 is 29.3 Å². The number of hydrogen-bond acceptors (Lipinski definition) is 8. The van der Waals surface area contributed by atoms with Gasteiger partial charge in [0.15, 0.2) is 5.76 Å². The second-order valence-electron chi connectivity index (χ2n) is 10.5. The Morgan fingerprint density at radius 2 is 1.73 bits per heavy atom. The fraction of sp³-hybridized carbons (Fsp3) is 0.367. The summed E-state index contributed by atoms with van der Waals surface area (Å²) in [6.45, 7) is 6.97. The fourth-order valence-electron chi connectivity index (χ4n) is 4.61. The number of hydrogen-bond donors (Lipinski definition) is 1. The van der Waals surface area contributed by atoms with Crippen LogP contribution in [-0.2, 0) is 4.74 Å². The van der Waals surface area contributed by atoms with Crippen molar-refractivity contribution in [2.75, 3.05) is 33.0 Å². The van der Waals surface area contributed by atoms with E-state index < -0.39 is 5.60 Å². The van der Waals surface area contributed by atoms with E-state index in [0.717, 1.165) is 24.9 Å². The van der Waals surface area contributed by atoms with Crippen molar-refractivity contribution in [1.82, 2.24) is 19.7 Å². The van der Waals surface area contributed by atoms with Gasteiger partial charge in [-0.25, -0.2) is 9.18 Å². The Balaban J connectivity index is 0.000000225. The number of anilines is 1. The molecular weight excluding hydrogens is 529 g/mol. The molecule has 0 radical (unpaired) electrons. The standard InChI is InChI=1S/C16H22FNO2.C14H14N4O3.H2/c1-16(2,3)20-15(19)18-10-4-5-13(11-18)12-6-8-14(17)9-7-12;1-19-9-5-3-6-10(20-2)12(9)18-13(16-17-14(18)15)11-7-4-8-21-11;/h6-9,13H,4-5,10-11H2,1-3H3;3-8H,1-2H3,(H2,15,17);1H/t13-;;/m0../s1. The average molecular weight is 568 g/mol. The Bertz CT molecular complexity index is 1420. The number of nitrogens with zero attached hydrogens (tertiary/aromatic N) is 4. The molecule has 41 heavy (non-hydrogen) atoms. The number of furan rings is 1. The summed E-state index contributed by atoms with van der Waals surface area (Å²) >= 11 is 0. The second-order valence-corrected chi connectivity index (χ2v) is 10.5. The zero-order valence-electron chi connectivity index (χ0n) is 24.0. The highest BCUT2D eigenvalue weighted by molar-refractivity contribution is 5.68. The number of nitrogens with two attached hydrogens (primary N) is 1. The van der Waals surface area contributed by atoms with Crippen molar-refractivity contribution in [3.8, 4) is 28.8 Å². The minimum atomic E-state index is -0.472. The van der Waals surface area contributed by atoms with Gasteiger partial charge in [-0.2, -0.15) is 0 Å². The number of carbonyl (C=O) groups excluding carboxylic acids is 1. The summed E-state index contributed by atoms with van der Waals surface area (Å²) in [5.41, 5.74) is 7.20. The third kappa shape index (κ3) is 7.16. The molecule has 0 aliphatic carbocycles. The molecule has 0 unspecified atom stereocenters.